The van der Waals surface area contributed by atoms with Gasteiger partial charge in [-0.15, -0.1) is 0 Å². The van der Waals surface area contributed by atoms with E-state index in [0.29, 0.717) is 11.1 Å². The molecule has 0 heterocycles. The lowest BCUT2D eigenvalue weighted by molar-refractivity contribution is 0.0600. The average molecular weight is 327 g/mol. The summed E-state index contributed by atoms with van der Waals surface area (Å²) >= 11 is 0. The SMILES string of the molecule is COC(=O)c1ccc(C=C(C#N)S(=O)(=O)c2ccccc2)cc1. The molecule has 6 heteroatoms. The molecule has 0 atom stereocenters. The number of allylic oxidation sites excluding steroid dienone is 1. The predicted molar refractivity (Wildman–Crippen MR) is 85.0 cm³/mol. The minimum Gasteiger partial charge on any atom is -0.465 e. The topological polar surface area (TPSA) is 84.2 Å². The van der Waals surface area contributed by atoms with Crippen LogP contribution >= 0.6 is 0 Å². The van der Waals surface area contributed by atoms with Crippen LogP contribution in [0.1, 0.15) is 15.9 Å². The number of carbonyl (C=O) groups excluding carboxylic acids is 1. The molecular weight excluding hydrogens is 314 g/mol. The van der Waals surface area contributed by atoms with Crippen molar-refractivity contribution in [2.45, 2.75) is 4.90 Å². The van der Waals surface area contributed by atoms with Crippen LogP contribution in [0.4, 0.5) is 0 Å². The van der Waals surface area contributed by atoms with E-state index in [-0.39, 0.29) is 9.80 Å². The summed E-state index contributed by atoms with van der Waals surface area (Å²) in [5, 5.41) is 9.19. The van der Waals surface area contributed by atoms with E-state index >= 15 is 0 Å². The van der Waals surface area contributed by atoms with Crippen molar-refractivity contribution in [3.05, 3.63) is 70.6 Å². The van der Waals surface area contributed by atoms with Crippen molar-refractivity contribution in [3.8, 4) is 6.07 Å². The number of sulfone groups is 1. The molecule has 0 N–H and O–H groups in total. The number of hydrogen-bond acceptors (Lipinski definition) is 5. The number of carbonyl (C=O) groups is 1. The molecule has 0 aliphatic rings. The number of ether oxygens (including phenoxy) is 1. The summed E-state index contributed by atoms with van der Waals surface area (Å²) in [6.07, 6.45) is 1.27. The molecule has 0 aliphatic carbocycles. The molecule has 5 nitrogen and oxygen atoms in total. The average Bonchev–Trinajstić information content (AvgIpc) is 2.60. The van der Waals surface area contributed by atoms with E-state index in [9.17, 15) is 18.5 Å². The Hall–Kier alpha value is -2.91. The lowest BCUT2D eigenvalue weighted by Crippen LogP contribution is -2.03. The third-order valence-electron chi connectivity index (χ3n) is 3.08. The number of nitrogens with zero attached hydrogens (tertiary/aromatic N) is 1. The summed E-state index contributed by atoms with van der Waals surface area (Å²) in [4.78, 5) is 11.0. The van der Waals surface area contributed by atoms with Crippen LogP contribution in [0.25, 0.3) is 6.08 Å². The summed E-state index contributed by atoms with van der Waals surface area (Å²) in [7, 11) is -2.60. The van der Waals surface area contributed by atoms with Gasteiger partial charge in [-0.2, -0.15) is 5.26 Å². The molecule has 23 heavy (non-hydrogen) atoms. The van der Waals surface area contributed by atoms with Gasteiger partial charge in [0.2, 0.25) is 9.84 Å². The molecule has 0 aliphatic heterocycles. The second kappa shape index (κ2) is 6.90. The van der Waals surface area contributed by atoms with Crippen LogP contribution in [-0.4, -0.2) is 21.5 Å². The minimum absolute atomic E-state index is 0.0546. The molecule has 0 amide bonds. The highest BCUT2D eigenvalue weighted by molar-refractivity contribution is 7.95. The molecule has 0 radical (unpaired) electrons. The van der Waals surface area contributed by atoms with Gasteiger partial charge in [-0.3, -0.25) is 0 Å². The van der Waals surface area contributed by atoms with E-state index < -0.39 is 15.8 Å². The first-order valence-corrected chi connectivity index (χ1v) is 8.07. The van der Waals surface area contributed by atoms with Crippen LogP contribution in [0, 0.1) is 11.3 Å². The Morgan fingerprint density at radius 1 is 1.09 bits per heavy atom. The van der Waals surface area contributed by atoms with Crippen LogP contribution < -0.4 is 0 Å². The van der Waals surface area contributed by atoms with Crippen molar-refractivity contribution in [1.82, 2.24) is 0 Å². The van der Waals surface area contributed by atoms with Crippen molar-refractivity contribution < 1.29 is 17.9 Å². The summed E-state index contributed by atoms with van der Waals surface area (Å²) in [6.45, 7) is 0. The first-order valence-electron chi connectivity index (χ1n) is 6.59. The highest BCUT2D eigenvalue weighted by Gasteiger charge is 2.20. The fourth-order valence-corrected chi connectivity index (χ4v) is 3.06. The summed E-state index contributed by atoms with van der Waals surface area (Å²) < 4.78 is 29.4. The highest BCUT2D eigenvalue weighted by atomic mass is 32.2. The third-order valence-corrected chi connectivity index (χ3v) is 4.76. The molecule has 0 fully saturated rings. The van der Waals surface area contributed by atoms with E-state index in [1.54, 1.807) is 36.4 Å². The fraction of sp³-hybridized carbons (Fsp3) is 0.0588. The predicted octanol–water partition coefficient (Wildman–Crippen LogP) is 2.81. The summed E-state index contributed by atoms with van der Waals surface area (Å²) in [5.74, 6) is -0.488. The molecule has 2 aromatic carbocycles. The normalized spacial score (nSPS) is 11.6. The molecule has 2 rings (SSSR count). The molecule has 0 saturated heterocycles. The maximum absolute atomic E-state index is 12.4. The van der Waals surface area contributed by atoms with Gasteiger partial charge >= 0.3 is 5.97 Å². The van der Waals surface area contributed by atoms with Gasteiger partial charge in [-0.25, -0.2) is 13.2 Å². The number of benzene rings is 2. The first-order chi connectivity index (χ1) is 11.0. The van der Waals surface area contributed by atoms with Gasteiger partial charge in [0.15, 0.2) is 0 Å². The van der Waals surface area contributed by atoms with Gasteiger partial charge < -0.3 is 4.74 Å². The monoisotopic (exact) mass is 327 g/mol. The van der Waals surface area contributed by atoms with E-state index in [2.05, 4.69) is 4.74 Å². The van der Waals surface area contributed by atoms with Crippen LogP contribution in [0.15, 0.2) is 64.4 Å². The Bertz CT molecular complexity index is 876. The Balaban J connectivity index is 2.40. The van der Waals surface area contributed by atoms with Crippen molar-refractivity contribution >= 4 is 21.9 Å². The smallest absolute Gasteiger partial charge is 0.337 e. The van der Waals surface area contributed by atoms with Crippen LogP contribution in [-0.2, 0) is 14.6 Å². The molecule has 0 aromatic heterocycles. The molecule has 0 spiro atoms. The van der Waals surface area contributed by atoms with Gasteiger partial charge in [0.25, 0.3) is 0 Å². The standard InChI is InChI=1S/C17H13NO4S/c1-22-17(19)14-9-7-13(8-10-14)11-16(12-18)23(20,21)15-5-3-2-4-6-15/h2-11H,1H3. The quantitative estimate of drug-likeness (QED) is 0.637. The van der Waals surface area contributed by atoms with Gasteiger partial charge in [0.05, 0.1) is 17.6 Å². The number of nitriles is 1. The minimum atomic E-state index is -3.87. The first kappa shape index (κ1) is 16.5. The maximum atomic E-state index is 12.4. The molecule has 0 bridgehead atoms. The van der Waals surface area contributed by atoms with Crippen molar-refractivity contribution in [2.75, 3.05) is 7.11 Å². The Morgan fingerprint density at radius 2 is 1.70 bits per heavy atom. The molecule has 0 saturated carbocycles. The third kappa shape index (κ3) is 3.65. The molecule has 116 valence electrons. The van der Waals surface area contributed by atoms with E-state index in [4.69, 9.17) is 0 Å². The van der Waals surface area contributed by atoms with E-state index in [0.717, 1.165) is 0 Å². The number of esters is 1. The van der Waals surface area contributed by atoms with Gasteiger partial charge in [0.1, 0.15) is 11.0 Å². The Kier molecular flexibility index (Phi) is 4.94. The maximum Gasteiger partial charge on any atom is 0.337 e. The van der Waals surface area contributed by atoms with E-state index in [1.807, 2.05) is 0 Å². The second-order valence-corrected chi connectivity index (χ2v) is 6.47. The van der Waals surface area contributed by atoms with Crippen LogP contribution in [0.2, 0.25) is 0 Å². The molecule has 2 aromatic rings. The van der Waals surface area contributed by atoms with Crippen molar-refractivity contribution in [2.24, 2.45) is 0 Å². The number of methoxy groups -OCH3 is 1. The number of hydrogen-bond donors (Lipinski definition) is 0. The zero-order chi connectivity index (χ0) is 16.9. The summed E-state index contributed by atoms with van der Waals surface area (Å²) in [5.41, 5.74) is 0.836. The zero-order valence-electron chi connectivity index (χ0n) is 12.3. The second-order valence-electron chi connectivity index (χ2n) is 4.55. The Labute approximate surface area is 134 Å². The number of rotatable bonds is 4. The highest BCUT2D eigenvalue weighted by Crippen LogP contribution is 2.21. The van der Waals surface area contributed by atoms with Crippen LogP contribution in [0.5, 0.6) is 0 Å². The lowest BCUT2D eigenvalue weighted by atomic mass is 10.1. The molecule has 0 unspecified atom stereocenters. The van der Waals surface area contributed by atoms with Gasteiger partial charge in [0, 0.05) is 0 Å². The van der Waals surface area contributed by atoms with Crippen molar-refractivity contribution in [1.29, 1.82) is 5.26 Å². The zero-order valence-corrected chi connectivity index (χ0v) is 13.1. The Morgan fingerprint density at radius 3 is 2.22 bits per heavy atom. The van der Waals surface area contributed by atoms with Gasteiger partial charge in [-0.1, -0.05) is 30.3 Å². The molecular formula is C17H13NO4S. The van der Waals surface area contributed by atoms with Crippen molar-refractivity contribution in [3.63, 3.8) is 0 Å². The largest absolute Gasteiger partial charge is 0.465 e. The van der Waals surface area contributed by atoms with Crippen LogP contribution in [0.3, 0.4) is 0 Å². The lowest BCUT2D eigenvalue weighted by Gasteiger charge is -2.03. The van der Waals surface area contributed by atoms with E-state index in [1.165, 1.54) is 37.5 Å². The van der Waals surface area contributed by atoms with Gasteiger partial charge in [-0.05, 0) is 35.9 Å². The summed E-state index contributed by atoms with van der Waals surface area (Å²) in [6, 6.07) is 15.6. The fourth-order valence-electron chi connectivity index (χ4n) is 1.88.